The molecular weight excluding hydrogens is 284 g/mol. The van der Waals surface area contributed by atoms with Crippen LogP contribution in [-0.2, 0) is 25.6 Å². The Hall–Kier alpha value is -1.43. The second-order valence-electron chi connectivity index (χ2n) is 6.03. The van der Waals surface area contributed by atoms with E-state index in [1.165, 1.54) is 0 Å². The summed E-state index contributed by atoms with van der Waals surface area (Å²) in [5.41, 5.74) is 0.957. The average molecular weight is 306 g/mol. The zero-order valence-corrected chi connectivity index (χ0v) is 12.6. The van der Waals surface area contributed by atoms with Crippen molar-refractivity contribution in [3.63, 3.8) is 0 Å². The van der Waals surface area contributed by atoms with Crippen LogP contribution >= 0.6 is 0 Å². The molecule has 2 aliphatic rings. The lowest BCUT2D eigenvalue weighted by molar-refractivity contribution is -0.204. The highest BCUT2D eigenvalue weighted by atomic mass is 16.7. The van der Waals surface area contributed by atoms with Crippen molar-refractivity contribution in [2.45, 2.75) is 44.2 Å². The SMILES string of the molecule is O=C(CC1CC2(CCC1O)OCCO2)OCc1ccccc1. The fraction of sp³-hybridized carbons (Fsp3) is 0.588. The highest BCUT2D eigenvalue weighted by Crippen LogP contribution is 2.40. The quantitative estimate of drug-likeness (QED) is 0.862. The number of aliphatic hydroxyl groups is 1. The summed E-state index contributed by atoms with van der Waals surface area (Å²) in [6, 6.07) is 9.57. The molecule has 1 saturated carbocycles. The monoisotopic (exact) mass is 306 g/mol. The second kappa shape index (κ2) is 6.77. The van der Waals surface area contributed by atoms with Crippen LogP contribution in [0.15, 0.2) is 30.3 Å². The van der Waals surface area contributed by atoms with E-state index in [1.54, 1.807) is 0 Å². The maximum atomic E-state index is 12.0. The van der Waals surface area contributed by atoms with Crippen molar-refractivity contribution in [3.05, 3.63) is 35.9 Å². The molecule has 0 bridgehead atoms. The molecule has 1 spiro atoms. The summed E-state index contributed by atoms with van der Waals surface area (Å²) in [5, 5.41) is 10.1. The number of hydrogen-bond acceptors (Lipinski definition) is 5. The van der Waals surface area contributed by atoms with Crippen LogP contribution in [0.2, 0.25) is 0 Å². The average Bonchev–Trinajstić information content (AvgIpc) is 2.98. The van der Waals surface area contributed by atoms with Crippen LogP contribution in [0.5, 0.6) is 0 Å². The Morgan fingerprint density at radius 3 is 2.73 bits per heavy atom. The number of carbonyl (C=O) groups excluding carboxylic acids is 1. The molecule has 1 aromatic carbocycles. The predicted octanol–water partition coefficient (Wildman–Crippen LogP) is 2.02. The van der Waals surface area contributed by atoms with Gasteiger partial charge in [0.2, 0.25) is 0 Å². The van der Waals surface area contributed by atoms with E-state index in [2.05, 4.69) is 0 Å². The molecular formula is C17H22O5. The number of benzene rings is 1. The first-order valence-corrected chi connectivity index (χ1v) is 7.82. The van der Waals surface area contributed by atoms with Crippen molar-refractivity contribution in [2.24, 2.45) is 5.92 Å². The summed E-state index contributed by atoms with van der Waals surface area (Å²) in [6.07, 6.45) is 1.53. The summed E-state index contributed by atoms with van der Waals surface area (Å²) in [4.78, 5) is 12.0. The summed E-state index contributed by atoms with van der Waals surface area (Å²) in [5.74, 6) is -1.05. The standard InChI is InChI=1S/C17H22O5/c18-15-6-7-17(21-8-9-22-17)11-14(15)10-16(19)20-12-13-4-2-1-3-5-13/h1-5,14-15,18H,6-12H2. The molecule has 5 nitrogen and oxygen atoms in total. The van der Waals surface area contributed by atoms with Gasteiger partial charge >= 0.3 is 5.97 Å². The number of hydrogen-bond donors (Lipinski definition) is 1. The highest BCUT2D eigenvalue weighted by Gasteiger charge is 2.45. The number of carbonyl (C=O) groups is 1. The largest absolute Gasteiger partial charge is 0.461 e. The van der Waals surface area contributed by atoms with Crippen molar-refractivity contribution in [2.75, 3.05) is 13.2 Å². The third kappa shape index (κ3) is 3.66. The van der Waals surface area contributed by atoms with E-state index in [1.807, 2.05) is 30.3 Å². The van der Waals surface area contributed by atoms with Gasteiger partial charge in [-0.1, -0.05) is 30.3 Å². The maximum absolute atomic E-state index is 12.0. The van der Waals surface area contributed by atoms with Gasteiger partial charge in [-0.25, -0.2) is 0 Å². The topological polar surface area (TPSA) is 65.0 Å². The van der Waals surface area contributed by atoms with Crippen molar-refractivity contribution in [1.82, 2.24) is 0 Å². The molecule has 1 aliphatic carbocycles. The van der Waals surface area contributed by atoms with E-state index >= 15 is 0 Å². The van der Waals surface area contributed by atoms with E-state index < -0.39 is 11.9 Å². The van der Waals surface area contributed by atoms with E-state index in [-0.39, 0.29) is 24.9 Å². The van der Waals surface area contributed by atoms with Gasteiger partial charge in [-0.05, 0) is 12.0 Å². The number of aliphatic hydroxyl groups excluding tert-OH is 1. The third-order valence-electron chi connectivity index (χ3n) is 4.42. The van der Waals surface area contributed by atoms with E-state index in [9.17, 15) is 9.90 Å². The first-order chi connectivity index (χ1) is 10.7. The van der Waals surface area contributed by atoms with Gasteiger partial charge in [-0.2, -0.15) is 0 Å². The van der Waals surface area contributed by atoms with Crippen LogP contribution in [0.3, 0.4) is 0 Å². The van der Waals surface area contributed by atoms with E-state index in [0.717, 1.165) is 5.56 Å². The van der Waals surface area contributed by atoms with Crippen molar-refractivity contribution >= 4 is 5.97 Å². The molecule has 1 saturated heterocycles. The second-order valence-corrected chi connectivity index (χ2v) is 6.03. The molecule has 1 N–H and O–H groups in total. The molecule has 0 aromatic heterocycles. The summed E-state index contributed by atoms with van der Waals surface area (Å²) in [6.45, 7) is 1.43. The number of rotatable bonds is 4. The van der Waals surface area contributed by atoms with Crippen molar-refractivity contribution in [3.8, 4) is 0 Å². The molecule has 2 fully saturated rings. The molecule has 120 valence electrons. The van der Waals surface area contributed by atoms with Gasteiger partial charge in [0.05, 0.1) is 25.7 Å². The Balaban J connectivity index is 1.51. The fourth-order valence-electron chi connectivity index (χ4n) is 3.22. The molecule has 0 amide bonds. The third-order valence-corrected chi connectivity index (χ3v) is 4.42. The van der Waals surface area contributed by atoms with Crippen LogP contribution in [0.25, 0.3) is 0 Å². The lowest BCUT2D eigenvalue weighted by atomic mass is 9.80. The maximum Gasteiger partial charge on any atom is 0.306 e. The van der Waals surface area contributed by atoms with Gasteiger partial charge < -0.3 is 19.3 Å². The highest BCUT2D eigenvalue weighted by molar-refractivity contribution is 5.69. The lowest BCUT2D eigenvalue weighted by Gasteiger charge is -2.38. The van der Waals surface area contributed by atoms with Crippen LogP contribution in [0.4, 0.5) is 0 Å². The summed E-state index contributed by atoms with van der Waals surface area (Å²) in [7, 11) is 0. The Labute approximate surface area is 130 Å². The molecule has 2 atom stereocenters. The summed E-state index contributed by atoms with van der Waals surface area (Å²) < 4.78 is 16.7. The van der Waals surface area contributed by atoms with Gasteiger partial charge in [0, 0.05) is 18.8 Å². The van der Waals surface area contributed by atoms with E-state index in [4.69, 9.17) is 14.2 Å². The smallest absolute Gasteiger partial charge is 0.306 e. The zero-order chi connectivity index (χ0) is 15.4. The van der Waals surface area contributed by atoms with Gasteiger partial charge in [0.25, 0.3) is 0 Å². The normalized spacial score (nSPS) is 27.0. The minimum Gasteiger partial charge on any atom is -0.461 e. The molecule has 2 unspecified atom stereocenters. The van der Waals surface area contributed by atoms with Gasteiger partial charge in [-0.15, -0.1) is 0 Å². The predicted molar refractivity (Wildman–Crippen MR) is 78.8 cm³/mol. The first kappa shape index (κ1) is 15.5. The fourth-order valence-corrected chi connectivity index (χ4v) is 3.22. The number of esters is 1. The van der Waals surface area contributed by atoms with Crippen LogP contribution < -0.4 is 0 Å². The molecule has 1 aliphatic heterocycles. The van der Waals surface area contributed by atoms with Gasteiger partial charge in [-0.3, -0.25) is 4.79 Å². The lowest BCUT2D eigenvalue weighted by Crippen LogP contribution is -2.43. The van der Waals surface area contributed by atoms with Gasteiger partial charge in [0.1, 0.15) is 6.61 Å². The minimum absolute atomic E-state index is 0.171. The van der Waals surface area contributed by atoms with E-state index in [0.29, 0.717) is 32.5 Å². The molecule has 1 heterocycles. The van der Waals surface area contributed by atoms with Gasteiger partial charge in [0.15, 0.2) is 5.79 Å². The molecule has 3 rings (SSSR count). The van der Waals surface area contributed by atoms with Crippen molar-refractivity contribution in [1.29, 1.82) is 0 Å². The zero-order valence-electron chi connectivity index (χ0n) is 12.6. The van der Waals surface area contributed by atoms with Crippen molar-refractivity contribution < 1.29 is 24.1 Å². The molecule has 0 radical (unpaired) electrons. The minimum atomic E-state index is -0.594. The summed E-state index contributed by atoms with van der Waals surface area (Å²) >= 11 is 0. The Morgan fingerprint density at radius 2 is 2.00 bits per heavy atom. The molecule has 1 aromatic rings. The van der Waals surface area contributed by atoms with Crippen LogP contribution in [0.1, 0.15) is 31.2 Å². The Morgan fingerprint density at radius 1 is 1.27 bits per heavy atom. The molecule has 22 heavy (non-hydrogen) atoms. The molecule has 5 heteroatoms. The van der Waals surface area contributed by atoms with Crippen LogP contribution in [-0.4, -0.2) is 36.2 Å². The Bertz CT molecular complexity index is 495. The first-order valence-electron chi connectivity index (χ1n) is 7.82. The number of ether oxygens (including phenoxy) is 3. The Kier molecular flexibility index (Phi) is 4.76. The van der Waals surface area contributed by atoms with Crippen LogP contribution in [0, 0.1) is 5.92 Å².